The van der Waals surface area contributed by atoms with Crippen molar-refractivity contribution in [3.05, 3.63) is 23.8 Å². The van der Waals surface area contributed by atoms with Crippen LogP contribution in [0, 0.1) is 0 Å². The van der Waals surface area contributed by atoms with Crippen LogP contribution in [0.15, 0.2) is 23.2 Å². The molecular formula is C12H16N4O3. The summed E-state index contributed by atoms with van der Waals surface area (Å²) in [5, 5.41) is 2.57. The number of benzene rings is 1. The first-order chi connectivity index (χ1) is 8.93. The summed E-state index contributed by atoms with van der Waals surface area (Å²) in [6.07, 6.45) is 0. The number of nitrogens with zero attached hydrogens (tertiary/aromatic N) is 1. The molecule has 1 rings (SSSR count). The van der Waals surface area contributed by atoms with Crippen molar-refractivity contribution in [3.63, 3.8) is 0 Å². The molecule has 1 aromatic carbocycles. The topological polar surface area (TPSA) is 120 Å². The Balaban J connectivity index is 3.18. The summed E-state index contributed by atoms with van der Waals surface area (Å²) in [5.74, 6) is -0.924. The third-order valence-electron chi connectivity index (χ3n) is 2.07. The van der Waals surface area contributed by atoms with Gasteiger partial charge >= 0.3 is 5.97 Å². The van der Waals surface area contributed by atoms with Crippen molar-refractivity contribution in [2.45, 2.75) is 13.8 Å². The molecule has 0 fully saturated rings. The van der Waals surface area contributed by atoms with Crippen LogP contribution in [0.2, 0.25) is 0 Å². The highest BCUT2D eigenvalue weighted by molar-refractivity contribution is 5.97. The number of carbonyl (C=O) groups is 2. The molecule has 1 amide bonds. The average Bonchev–Trinajstić information content (AvgIpc) is 2.30. The van der Waals surface area contributed by atoms with E-state index in [1.54, 1.807) is 6.92 Å². The summed E-state index contributed by atoms with van der Waals surface area (Å²) < 4.78 is 4.87. The molecule has 0 radical (unpaired) electrons. The lowest BCUT2D eigenvalue weighted by atomic mass is 10.1. The number of aliphatic imine (C=N–C) groups is 1. The van der Waals surface area contributed by atoms with Crippen molar-refractivity contribution >= 4 is 29.2 Å². The quantitative estimate of drug-likeness (QED) is 0.420. The Morgan fingerprint density at radius 3 is 2.58 bits per heavy atom. The number of ether oxygens (including phenoxy) is 1. The minimum atomic E-state index is -0.482. The molecule has 0 aliphatic rings. The molecule has 0 saturated carbocycles. The molecule has 7 heteroatoms. The molecule has 0 aliphatic heterocycles. The second-order valence-corrected chi connectivity index (χ2v) is 3.67. The van der Waals surface area contributed by atoms with Crippen LogP contribution in [0.1, 0.15) is 24.2 Å². The standard InChI is InChI=1S/C12H16N4O3/c1-3-19-11(18)8-4-5-9(15-7(2)17)10(6-8)16-12(13)14/h4-6H,3H2,1-2H3,(H,15,17)(H4,13,14,16). The van der Waals surface area contributed by atoms with Crippen molar-refractivity contribution < 1.29 is 14.3 Å². The average molecular weight is 264 g/mol. The number of rotatable bonds is 4. The fourth-order valence-corrected chi connectivity index (χ4v) is 1.40. The summed E-state index contributed by atoms with van der Waals surface area (Å²) in [6.45, 7) is 3.34. The first-order valence-electron chi connectivity index (χ1n) is 5.62. The molecule has 0 bridgehead atoms. The number of esters is 1. The predicted octanol–water partition coefficient (Wildman–Crippen LogP) is 0.727. The van der Waals surface area contributed by atoms with E-state index in [-0.39, 0.29) is 18.5 Å². The maximum Gasteiger partial charge on any atom is 0.338 e. The highest BCUT2D eigenvalue weighted by Crippen LogP contribution is 2.26. The smallest absolute Gasteiger partial charge is 0.338 e. The summed E-state index contributed by atoms with van der Waals surface area (Å²) in [7, 11) is 0. The van der Waals surface area contributed by atoms with E-state index >= 15 is 0 Å². The second kappa shape index (κ2) is 6.39. The fraction of sp³-hybridized carbons (Fsp3) is 0.250. The molecule has 19 heavy (non-hydrogen) atoms. The highest BCUT2D eigenvalue weighted by atomic mass is 16.5. The minimum Gasteiger partial charge on any atom is -0.462 e. The van der Waals surface area contributed by atoms with Crippen LogP contribution in [0.5, 0.6) is 0 Å². The van der Waals surface area contributed by atoms with Crippen molar-refractivity contribution in [2.24, 2.45) is 16.5 Å². The number of hydrogen-bond acceptors (Lipinski definition) is 4. The first-order valence-corrected chi connectivity index (χ1v) is 5.62. The molecule has 1 aromatic rings. The van der Waals surface area contributed by atoms with E-state index in [0.29, 0.717) is 16.9 Å². The molecule has 5 N–H and O–H groups in total. The van der Waals surface area contributed by atoms with Crippen LogP contribution >= 0.6 is 0 Å². The van der Waals surface area contributed by atoms with Crippen LogP contribution in [0.3, 0.4) is 0 Å². The fourth-order valence-electron chi connectivity index (χ4n) is 1.40. The first kappa shape index (κ1) is 14.5. The molecule has 0 aromatic heterocycles. The zero-order chi connectivity index (χ0) is 14.4. The van der Waals surface area contributed by atoms with Gasteiger partial charge in [-0.25, -0.2) is 9.79 Å². The SMILES string of the molecule is CCOC(=O)c1ccc(NC(C)=O)c(N=C(N)N)c1. The van der Waals surface area contributed by atoms with E-state index < -0.39 is 5.97 Å². The summed E-state index contributed by atoms with van der Waals surface area (Å²) in [4.78, 5) is 26.5. The molecule has 0 heterocycles. The molecule has 0 aliphatic carbocycles. The lowest BCUT2D eigenvalue weighted by Crippen LogP contribution is -2.22. The third kappa shape index (κ3) is 4.30. The predicted molar refractivity (Wildman–Crippen MR) is 72.2 cm³/mol. The lowest BCUT2D eigenvalue weighted by Gasteiger charge is -2.08. The Kier molecular flexibility index (Phi) is 4.87. The van der Waals surface area contributed by atoms with Gasteiger partial charge in [0.05, 0.1) is 23.5 Å². The zero-order valence-corrected chi connectivity index (χ0v) is 10.8. The van der Waals surface area contributed by atoms with Gasteiger partial charge in [-0.05, 0) is 25.1 Å². The van der Waals surface area contributed by atoms with Gasteiger partial charge in [-0.2, -0.15) is 0 Å². The van der Waals surface area contributed by atoms with Crippen molar-refractivity contribution in [1.82, 2.24) is 0 Å². The van der Waals surface area contributed by atoms with E-state index in [4.69, 9.17) is 16.2 Å². The Morgan fingerprint density at radius 1 is 1.37 bits per heavy atom. The van der Waals surface area contributed by atoms with E-state index in [0.717, 1.165) is 0 Å². The molecule has 0 saturated heterocycles. The molecule has 0 spiro atoms. The number of anilines is 1. The normalized spacial score (nSPS) is 9.58. The molecule has 102 valence electrons. The third-order valence-corrected chi connectivity index (χ3v) is 2.07. The van der Waals surface area contributed by atoms with Crippen LogP contribution in [-0.4, -0.2) is 24.4 Å². The van der Waals surface area contributed by atoms with E-state index in [2.05, 4.69) is 10.3 Å². The van der Waals surface area contributed by atoms with Gasteiger partial charge in [0, 0.05) is 6.92 Å². The molecule has 7 nitrogen and oxygen atoms in total. The van der Waals surface area contributed by atoms with Gasteiger partial charge in [0.1, 0.15) is 0 Å². The van der Waals surface area contributed by atoms with Crippen LogP contribution in [-0.2, 0) is 9.53 Å². The van der Waals surface area contributed by atoms with Crippen LogP contribution in [0.4, 0.5) is 11.4 Å². The van der Waals surface area contributed by atoms with Crippen molar-refractivity contribution in [2.75, 3.05) is 11.9 Å². The van der Waals surface area contributed by atoms with Crippen molar-refractivity contribution in [1.29, 1.82) is 0 Å². The Bertz CT molecular complexity index is 522. The number of amides is 1. The zero-order valence-electron chi connectivity index (χ0n) is 10.8. The maximum atomic E-state index is 11.6. The summed E-state index contributed by atoms with van der Waals surface area (Å²) in [5.41, 5.74) is 11.6. The number of nitrogens with one attached hydrogen (secondary N) is 1. The van der Waals surface area contributed by atoms with Gasteiger partial charge in [-0.1, -0.05) is 0 Å². The van der Waals surface area contributed by atoms with Crippen LogP contribution < -0.4 is 16.8 Å². The number of nitrogens with two attached hydrogens (primary N) is 2. The molecular weight excluding hydrogens is 248 g/mol. The van der Waals surface area contributed by atoms with Gasteiger partial charge in [-0.15, -0.1) is 0 Å². The van der Waals surface area contributed by atoms with E-state index in [1.165, 1.54) is 25.1 Å². The summed E-state index contributed by atoms with van der Waals surface area (Å²) >= 11 is 0. The van der Waals surface area contributed by atoms with Gasteiger partial charge < -0.3 is 21.5 Å². The van der Waals surface area contributed by atoms with Gasteiger partial charge in [-0.3, -0.25) is 4.79 Å². The minimum absolute atomic E-state index is 0.174. The second-order valence-electron chi connectivity index (χ2n) is 3.67. The van der Waals surface area contributed by atoms with E-state index in [1.807, 2.05) is 0 Å². The Morgan fingerprint density at radius 2 is 2.05 bits per heavy atom. The van der Waals surface area contributed by atoms with Gasteiger partial charge in [0.15, 0.2) is 5.96 Å². The Hall–Kier alpha value is -2.57. The van der Waals surface area contributed by atoms with E-state index in [9.17, 15) is 9.59 Å². The number of guanidine groups is 1. The Labute approximate surface area is 110 Å². The largest absolute Gasteiger partial charge is 0.462 e. The maximum absolute atomic E-state index is 11.6. The van der Waals surface area contributed by atoms with Gasteiger partial charge in [0.2, 0.25) is 5.91 Å². The van der Waals surface area contributed by atoms with Crippen LogP contribution in [0.25, 0.3) is 0 Å². The van der Waals surface area contributed by atoms with Crippen molar-refractivity contribution in [3.8, 4) is 0 Å². The molecule has 0 unspecified atom stereocenters. The number of hydrogen-bond donors (Lipinski definition) is 3. The highest BCUT2D eigenvalue weighted by Gasteiger charge is 2.11. The van der Waals surface area contributed by atoms with Gasteiger partial charge in [0.25, 0.3) is 0 Å². The summed E-state index contributed by atoms with van der Waals surface area (Å²) in [6, 6.07) is 4.51. The lowest BCUT2D eigenvalue weighted by molar-refractivity contribution is -0.114. The molecule has 0 atom stereocenters. The monoisotopic (exact) mass is 264 g/mol. The number of carbonyl (C=O) groups excluding carboxylic acids is 2.